The number of aryl methyl sites for hydroxylation is 2. The molecule has 0 amide bonds. The van der Waals surface area contributed by atoms with Crippen molar-refractivity contribution in [3.05, 3.63) is 98.9 Å². The Bertz CT molecular complexity index is 2490. The van der Waals surface area contributed by atoms with Crippen molar-refractivity contribution in [2.45, 2.75) is 154 Å². The van der Waals surface area contributed by atoms with E-state index in [1.54, 1.807) is 0 Å². The van der Waals surface area contributed by atoms with E-state index in [9.17, 15) is 32.7 Å². The van der Waals surface area contributed by atoms with Gasteiger partial charge >= 0.3 is 11.4 Å². The summed E-state index contributed by atoms with van der Waals surface area (Å²) in [7, 11) is -9.66. The molecule has 0 radical (unpaired) electrons. The molecule has 2 saturated heterocycles. The molecule has 3 aliphatic rings. The number of allylic oxidation sites excluding steroid dienone is 2. The van der Waals surface area contributed by atoms with Crippen LogP contribution in [0, 0.1) is 13.8 Å². The Hall–Kier alpha value is -3.91. The molecule has 2 aromatic rings. The smallest absolute Gasteiger partial charge is 0.333 e. The van der Waals surface area contributed by atoms with E-state index in [1.807, 2.05) is 47.0 Å². The van der Waals surface area contributed by atoms with Gasteiger partial charge in [0.1, 0.15) is 18.4 Å². The molecule has 20 nitrogen and oxygen atoms in total. The fourth-order valence-corrected chi connectivity index (χ4v) is 10.5. The molecule has 0 saturated carbocycles. The highest BCUT2D eigenvalue weighted by molar-refractivity contribution is 7.90. The van der Waals surface area contributed by atoms with Crippen LogP contribution in [0.15, 0.2) is 59.9 Å². The van der Waals surface area contributed by atoms with Crippen LogP contribution in [0.4, 0.5) is 0 Å². The zero-order chi connectivity index (χ0) is 45.8. The van der Waals surface area contributed by atoms with Gasteiger partial charge in [-0.15, -0.1) is 0 Å². The van der Waals surface area contributed by atoms with Crippen molar-refractivity contribution in [2.24, 2.45) is 10.8 Å². The molecular formula is C38H60N8O12SSi2. The molecule has 5 rings (SSSR count). The lowest BCUT2D eigenvalue weighted by atomic mass is 9.89. The summed E-state index contributed by atoms with van der Waals surface area (Å²) in [5, 5.41) is 13.6. The Balaban J connectivity index is 1.55. The van der Waals surface area contributed by atoms with Gasteiger partial charge in [0.25, 0.3) is 21.2 Å². The number of nitrogens with two attached hydrogens (primary N) is 1. The third-order valence-corrected chi connectivity index (χ3v) is 22.7. The van der Waals surface area contributed by atoms with Crippen LogP contribution in [0.1, 0.15) is 71.5 Å². The molecule has 5 heterocycles. The van der Waals surface area contributed by atoms with Crippen molar-refractivity contribution < 1.29 is 36.0 Å². The maximum absolute atomic E-state index is 14.5. The second kappa shape index (κ2) is 17.0. The van der Waals surface area contributed by atoms with Crippen LogP contribution in [0.3, 0.4) is 0 Å². The maximum Gasteiger partial charge on any atom is 0.333 e. The van der Waals surface area contributed by atoms with E-state index in [0.717, 1.165) is 14.5 Å². The molecule has 2 aromatic heterocycles. The summed E-state index contributed by atoms with van der Waals surface area (Å²) in [6.45, 7) is 22.1. The first-order valence-corrected chi connectivity index (χ1v) is 27.3. The van der Waals surface area contributed by atoms with Crippen molar-refractivity contribution in [3.63, 3.8) is 0 Å². The van der Waals surface area contributed by atoms with Crippen LogP contribution in [-0.4, -0.2) is 91.6 Å². The van der Waals surface area contributed by atoms with Gasteiger partial charge in [-0.05, 0) is 55.6 Å². The average Bonchev–Trinajstić information content (AvgIpc) is 3.76. The van der Waals surface area contributed by atoms with Crippen molar-refractivity contribution in [2.75, 3.05) is 13.2 Å². The number of aliphatic hydroxyl groups excluding tert-OH is 1. The number of aliphatic hydroxyl groups is 1. The van der Waals surface area contributed by atoms with Crippen LogP contribution in [0.2, 0.25) is 36.3 Å². The highest BCUT2D eigenvalue weighted by Crippen LogP contribution is 2.52. The van der Waals surface area contributed by atoms with Gasteiger partial charge in [0.05, 0.1) is 36.5 Å². The molecule has 2 fully saturated rings. The van der Waals surface area contributed by atoms with Gasteiger partial charge in [-0.25, -0.2) is 13.8 Å². The summed E-state index contributed by atoms with van der Waals surface area (Å²) in [6, 6.07) is -0.729. The Labute approximate surface area is 356 Å². The quantitative estimate of drug-likeness (QED) is 0.0730. The van der Waals surface area contributed by atoms with E-state index in [0.29, 0.717) is 0 Å². The number of nitrogens with zero attached hydrogens (tertiary/aromatic N) is 7. The molecule has 0 aliphatic carbocycles. The van der Waals surface area contributed by atoms with E-state index >= 15 is 0 Å². The van der Waals surface area contributed by atoms with E-state index in [2.05, 4.69) is 30.8 Å². The number of hydrogen-bond donors (Lipinski definition) is 2. The fraction of sp³-hybridized carbons (Fsp3) is 0.684. The average molecular weight is 909 g/mol. The van der Waals surface area contributed by atoms with Crippen molar-refractivity contribution in [3.8, 4) is 0 Å². The lowest BCUT2D eigenvalue weighted by molar-refractivity contribution is -0.0567. The lowest BCUT2D eigenvalue weighted by Gasteiger charge is -2.43. The monoisotopic (exact) mass is 908 g/mol. The van der Waals surface area contributed by atoms with E-state index in [1.165, 1.54) is 47.5 Å². The van der Waals surface area contributed by atoms with Crippen LogP contribution >= 0.6 is 0 Å². The summed E-state index contributed by atoms with van der Waals surface area (Å²) in [5.41, 5.74) is 11.1. The minimum atomic E-state index is -4.34. The van der Waals surface area contributed by atoms with E-state index in [-0.39, 0.29) is 48.0 Å². The number of rotatable bonds is 13. The van der Waals surface area contributed by atoms with Crippen molar-refractivity contribution in [1.29, 1.82) is 0 Å². The Kier molecular flexibility index (Phi) is 13.4. The Morgan fingerprint density at radius 1 is 0.934 bits per heavy atom. The number of hydrogen-bond acceptors (Lipinski definition) is 14. The molecule has 1 spiro atoms. The minimum Gasteiger partial charge on any atom is -0.414 e. The predicted molar refractivity (Wildman–Crippen MR) is 231 cm³/mol. The number of azide groups is 1. The molecule has 3 N–H and O–H groups in total. The topological polar surface area (TPSA) is 263 Å². The van der Waals surface area contributed by atoms with Crippen LogP contribution in [0.25, 0.3) is 10.4 Å². The van der Waals surface area contributed by atoms with Gasteiger partial charge in [-0.1, -0.05) is 58.8 Å². The largest absolute Gasteiger partial charge is 0.414 e. The fourth-order valence-electron chi connectivity index (χ4n) is 7.04. The molecule has 338 valence electrons. The summed E-state index contributed by atoms with van der Waals surface area (Å²) < 4.78 is 62.7. The zero-order valence-electron chi connectivity index (χ0n) is 36.9. The van der Waals surface area contributed by atoms with E-state index < -0.39 is 103 Å². The second-order valence-corrected chi connectivity index (χ2v) is 29.9. The summed E-state index contributed by atoms with van der Waals surface area (Å²) in [5.74, 6) is 0. The number of ether oxygens (including phenoxy) is 2. The first-order valence-electron chi connectivity index (χ1n) is 20.0. The van der Waals surface area contributed by atoms with Crippen molar-refractivity contribution >= 4 is 26.8 Å². The summed E-state index contributed by atoms with van der Waals surface area (Å²) in [4.78, 5) is 57.7. The normalized spacial score (nSPS) is 26.9. The lowest BCUT2D eigenvalue weighted by Crippen LogP contribution is -2.59. The molecule has 3 aliphatic heterocycles. The molecule has 0 unspecified atom stereocenters. The second-order valence-electron chi connectivity index (χ2n) is 19.0. The van der Waals surface area contributed by atoms with Gasteiger partial charge in [-0.2, -0.15) is 8.42 Å². The SMILES string of the molecule is Cc1cn([C@@H]2C[C@@H](N=[N+]=[N-])[C@H](CO)O2)c(=O)n(C/C=C/Cn2c(=O)c(C)cn([C@@H]3O[C@H](CO[Si](C)(C)C(C)(C)C)[C@@]4(OS(=O)(=O)C=C4N)[C@H]3O[Si](C)(C)C(C)(C)C)c2=O)c1=O. The molecule has 0 bridgehead atoms. The highest BCUT2D eigenvalue weighted by Gasteiger charge is 2.67. The predicted octanol–water partition coefficient (Wildman–Crippen LogP) is 3.37. The molecule has 7 atom stereocenters. The maximum atomic E-state index is 14.5. The third-order valence-electron chi connectivity index (χ3n) is 12.7. The van der Waals surface area contributed by atoms with Gasteiger partial charge in [0, 0.05) is 47.9 Å². The van der Waals surface area contributed by atoms with Crippen molar-refractivity contribution in [1.82, 2.24) is 18.3 Å². The van der Waals surface area contributed by atoms with Gasteiger partial charge < -0.3 is 29.2 Å². The van der Waals surface area contributed by atoms with Gasteiger partial charge in [0.15, 0.2) is 28.5 Å². The third kappa shape index (κ3) is 9.13. The first kappa shape index (κ1) is 48.1. The number of aromatic nitrogens is 4. The molecular weight excluding hydrogens is 849 g/mol. The van der Waals surface area contributed by atoms with Gasteiger partial charge in [0.2, 0.25) is 0 Å². The van der Waals surface area contributed by atoms with Crippen LogP contribution in [-0.2, 0) is 45.7 Å². The van der Waals surface area contributed by atoms with Crippen LogP contribution < -0.4 is 28.2 Å². The zero-order valence-corrected chi connectivity index (χ0v) is 39.8. The molecule has 0 aromatic carbocycles. The summed E-state index contributed by atoms with van der Waals surface area (Å²) in [6.07, 6.45) is 0.0990. The van der Waals surface area contributed by atoms with Gasteiger partial charge in [-0.3, -0.25) is 27.9 Å². The Morgan fingerprint density at radius 3 is 1.93 bits per heavy atom. The summed E-state index contributed by atoms with van der Waals surface area (Å²) >= 11 is 0. The first-order chi connectivity index (χ1) is 28.0. The standard InChI is InChI=1S/C38H60N8O12SSi2/c1-23-18-45(29-17-25(41-42-40)26(20-47)55-29)34(50)43(31(23)48)15-13-14-16-44-32(49)24(2)19-46(35(44)51)33-30(57-61(11,12)37(6,7)8)38(27(39)22-59(52,53)58-38)28(56-33)21-54-60(9,10)36(3,4)5/h13-14,18-19,22,25-26,28-30,33,47H,15-17,20-21,39H2,1-12H3/b14-13+/t25-,26+,28-,29+,30+,33-,38-/m1/s1. The molecule has 61 heavy (non-hydrogen) atoms. The molecule has 23 heteroatoms. The van der Waals surface area contributed by atoms with E-state index in [4.69, 9.17) is 33.8 Å². The Morgan fingerprint density at radius 2 is 1.46 bits per heavy atom. The minimum absolute atomic E-state index is 0.0913. The highest BCUT2D eigenvalue weighted by atomic mass is 32.2. The van der Waals surface area contributed by atoms with Crippen LogP contribution in [0.5, 0.6) is 0 Å².